The Hall–Kier alpha value is -1.03. The van der Waals surface area contributed by atoms with Gasteiger partial charge >= 0.3 is 5.82 Å². The average Bonchev–Trinajstić information content (AvgIpc) is 2.30. The fourth-order valence-corrected chi connectivity index (χ4v) is 1.13. The number of alkyl halides is 1. The van der Waals surface area contributed by atoms with Crippen LogP contribution in [0.5, 0.6) is 0 Å². The molecule has 0 unspecified atom stereocenters. The third kappa shape index (κ3) is 1.35. The van der Waals surface area contributed by atoms with E-state index in [-0.39, 0.29) is 11.7 Å². The van der Waals surface area contributed by atoms with Crippen molar-refractivity contribution in [2.24, 2.45) is 7.05 Å². The van der Waals surface area contributed by atoms with Gasteiger partial charge in [-0.15, -0.1) is 11.6 Å². The summed E-state index contributed by atoms with van der Waals surface area (Å²) in [5.41, 5.74) is 0.555. The molecule has 5 heteroatoms. The Balaban J connectivity index is 3.17. The molecule has 0 aliphatic heterocycles. The Labute approximate surface area is 68.5 Å². The molecule has 1 heterocycles. The van der Waals surface area contributed by atoms with Crippen LogP contribution >= 0.6 is 11.6 Å². The lowest BCUT2D eigenvalue weighted by molar-refractivity contribution is -0.392. The van der Waals surface area contributed by atoms with Crippen molar-refractivity contribution in [1.29, 1.82) is 0 Å². The van der Waals surface area contributed by atoms with E-state index in [4.69, 9.17) is 11.6 Å². The van der Waals surface area contributed by atoms with Gasteiger partial charge in [0, 0.05) is 0 Å². The number of halogens is 1. The predicted octanol–water partition coefficient (Wildman–Crippen LogP) is 1.67. The van der Waals surface area contributed by atoms with E-state index in [0.717, 1.165) is 0 Å². The van der Waals surface area contributed by atoms with E-state index in [1.54, 1.807) is 19.3 Å². The summed E-state index contributed by atoms with van der Waals surface area (Å²) >= 11 is 5.47. The molecule has 1 aromatic rings. The number of nitrogens with zero attached hydrogens (tertiary/aromatic N) is 2. The highest BCUT2D eigenvalue weighted by molar-refractivity contribution is 6.17. The molecule has 1 aromatic heterocycles. The van der Waals surface area contributed by atoms with Crippen LogP contribution in [-0.4, -0.2) is 9.49 Å². The number of hydrogen-bond donors (Lipinski definition) is 0. The SMILES string of the molecule is Cn1ccc(CCl)c1[N+](=O)[O-]. The number of hydrogen-bond acceptors (Lipinski definition) is 2. The van der Waals surface area contributed by atoms with Crippen molar-refractivity contribution < 1.29 is 4.92 Å². The Bertz CT molecular complexity index is 282. The second-order valence-electron chi connectivity index (χ2n) is 2.17. The van der Waals surface area contributed by atoms with Crippen LogP contribution in [0.15, 0.2) is 12.3 Å². The Morgan fingerprint density at radius 2 is 2.45 bits per heavy atom. The van der Waals surface area contributed by atoms with Crippen LogP contribution in [0.3, 0.4) is 0 Å². The summed E-state index contributed by atoms with van der Waals surface area (Å²) in [6, 6.07) is 1.64. The van der Waals surface area contributed by atoms with E-state index in [2.05, 4.69) is 0 Å². The fourth-order valence-electron chi connectivity index (χ4n) is 0.924. The summed E-state index contributed by atoms with van der Waals surface area (Å²) in [5, 5.41) is 10.4. The molecule has 0 saturated heterocycles. The highest BCUT2D eigenvalue weighted by atomic mass is 35.5. The fraction of sp³-hybridized carbons (Fsp3) is 0.333. The minimum absolute atomic E-state index is 0.0694. The van der Waals surface area contributed by atoms with Crippen LogP contribution in [0.1, 0.15) is 5.56 Å². The minimum Gasteiger partial charge on any atom is -0.358 e. The summed E-state index contributed by atoms with van der Waals surface area (Å²) in [6.07, 6.45) is 1.62. The minimum atomic E-state index is -0.433. The summed E-state index contributed by atoms with van der Waals surface area (Å²) in [7, 11) is 1.62. The van der Waals surface area contributed by atoms with E-state index in [1.165, 1.54) is 4.57 Å². The van der Waals surface area contributed by atoms with Crippen molar-refractivity contribution in [3.8, 4) is 0 Å². The van der Waals surface area contributed by atoms with Crippen molar-refractivity contribution in [2.45, 2.75) is 5.88 Å². The maximum Gasteiger partial charge on any atom is 0.327 e. The lowest BCUT2D eigenvalue weighted by Crippen LogP contribution is -1.97. The van der Waals surface area contributed by atoms with Gasteiger partial charge in [-0.25, -0.2) is 4.57 Å². The second-order valence-corrected chi connectivity index (χ2v) is 2.43. The van der Waals surface area contributed by atoms with E-state index < -0.39 is 4.92 Å². The van der Waals surface area contributed by atoms with E-state index >= 15 is 0 Å². The molecule has 0 aliphatic rings. The van der Waals surface area contributed by atoms with Gasteiger partial charge in [-0.2, -0.15) is 0 Å². The monoisotopic (exact) mass is 174 g/mol. The Morgan fingerprint density at radius 1 is 1.82 bits per heavy atom. The van der Waals surface area contributed by atoms with Crippen LogP contribution in [0.4, 0.5) is 5.82 Å². The molecular formula is C6H7ClN2O2. The zero-order valence-electron chi connectivity index (χ0n) is 5.95. The van der Waals surface area contributed by atoms with Crippen LogP contribution in [-0.2, 0) is 12.9 Å². The first-order chi connectivity index (χ1) is 5.16. The van der Waals surface area contributed by atoms with Gasteiger partial charge in [-0.3, -0.25) is 0 Å². The van der Waals surface area contributed by atoms with Crippen molar-refractivity contribution in [3.63, 3.8) is 0 Å². The summed E-state index contributed by atoms with van der Waals surface area (Å²) in [4.78, 5) is 9.96. The third-order valence-corrected chi connectivity index (χ3v) is 1.73. The van der Waals surface area contributed by atoms with Crippen molar-refractivity contribution >= 4 is 17.4 Å². The standard InChI is InChI=1S/C6H7ClN2O2/c1-8-3-2-5(4-7)6(8)9(10)11/h2-3H,4H2,1H3. The van der Waals surface area contributed by atoms with Gasteiger partial charge in [0.05, 0.1) is 24.7 Å². The molecule has 4 nitrogen and oxygen atoms in total. The smallest absolute Gasteiger partial charge is 0.327 e. The molecule has 0 saturated carbocycles. The van der Waals surface area contributed by atoms with Crippen LogP contribution in [0.25, 0.3) is 0 Å². The van der Waals surface area contributed by atoms with Gasteiger partial charge in [0.2, 0.25) is 0 Å². The lowest BCUT2D eigenvalue weighted by Gasteiger charge is -1.96. The molecular weight excluding hydrogens is 168 g/mol. The lowest BCUT2D eigenvalue weighted by atomic mass is 10.4. The van der Waals surface area contributed by atoms with E-state index in [0.29, 0.717) is 5.56 Å². The van der Waals surface area contributed by atoms with Gasteiger partial charge < -0.3 is 10.1 Å². The molecule has 0 aromatic carbocycles. The zero-order chi connectivity index (χ0) is 8.43. The topological polar surface area (TPSA) is 48.1 Å². The molecule has 0 N–H and O–H groups in total. The van der Waals surface area contributed by atoms with Gasteiger partial charge in [0.1, 0.15) is 0 Å². The largest absolute Gasteiger partial charge is 0.358 e. The van der Waals surface area contributed by atoms with Crippen molar-refractivity contribution in [1.82, 2.24) is 4.57 Å². The second kappa shape index (κ2) is 2.92. The van der Waals surface area contributed by atoms with Gasteiger partial charge in [0.25, 0.3) is 0 Å². The first-order valence-corrected chi connectivity index (χ1v) is 3.55. The van der Waals surface area contributed by atoms with Crippen molar-refractivity contribution in [2.75, 3.05) is 0 Å². The summed E-state index contributed by atoms with van der Waals surface area (Å²) < 4.78 is 1.44. The molecule has 0 amide bonds. The van der Waals surface area contributed by atoms with Crippen LogP contribution in [0.2, 0.25) is 0 Å². The summed E-state index contributed by atoms with van der Waals surface area (Å²) in [6.45, 7) is 0. The van der Waals surface area contributed by atoms with Crippen LogP contribution < -0.4 is 0 Å². The molecule has 1 rings (SSSR count). The van der Waals surface area contributed by atoms with Gasteiger partial charge in [-0.05, 0) is 11.0 Å². The molecule has 0 aliphatic carbocycles. The van der Waals surface area contributed by atoms with E-state index in [1.807, 2.05) is 0 Å². The first-order valence-electron chi connectivity index (χ1n) is 3.01. The molecule has 0 spiro atoms. The molecule has 11 heavy (non-hydrogen) atoms. The number of rotatable bonds is 2. The highest BCUT2D eigenvalue weighted by Gasteiger charge is 2.15. The molecule has 0 radical (unpaired) electrons. The Kier molecular flexibility index (Phi) is 2.14. The normalized spacial score (nSPS) is 10.0. The zero-order valence-corrected chi connectivity index (χ0v) is 6.71. The third-order valence-electron chi connectivity index (χ3n) is 1.44. The molecule has 0 atom stereocenters. The van der Waals surface area contributed by atoms with E-state index in [9.17, 15) is 10.1 Å². The van der Waals surface area contributed by atoms with Crippen molar-refractivity contribution in [3.05, 3.63) is 27.9 Å². The summed E-state index contributed by atoms with van der Waals surface area (Å²) in [5.74, 6) is 0.247. The predicted molar refractivity (Wildman–Crippen MR) is 41.6 cm³/mol. The first kappa shape index (κ1) is 8.07. The maximum absolute atomic E-state index is 10.4. The van der Waals surface area contributed by atoms with Gasteiger partial charge in [-0.1, -0.05) is 0 Å². The number of nitro groups is 1. The molecule has 0 fully saturated rings. The van der Waals surface area contributed by atoms with Gasteiger partial charge in [0.15, 0.2) is 0 Å². The quantitative estimate of drug-likeness (QED) is 0.389. The molecule has 60 valence electrons. The maximum atomic E-state index is 10.4. The number of aryl methyl sites for hydroxylation is 1. The van der Waals surface area contributed by atoms with Crippen LogP contribution in [0, 0.1) is 10.1 Å². The molecule has 0 bridgehead atoms. The average molecular weight is 175 g/mol. The highest BCUT2D eigenvalue weighted by Crippen LogP contribution is 2.19. The number of aromatic nitrogens is 1. The Morgan fingerprint density at radius 3 is 2.82 bits per heavy atom.